The molecule has 1 atom stereocenters. The zero-order valence-electron chi connectivity index (χ0n) is 20.7. The molecule has 12 heteroatoms. The Hall–Kier alpha value is -2.80. The highest BCUT2D eigenvalue weighted by atomic mass is 32.2. The summed E-state index contributed by atoms with van der Waals surface area (Å²) in [5.74, 6) is 1.32. The molecule has 4 heterocycles. The Morgan fingerprint density at radius 1 is 1.25 bits per heavy atom. The first-order valence-electron chi connectivity index (χ1n) is 12.3. The molecule has 0 radical (unpaired) electrons. The van der Waals surface area contributed by atoms with Crippen LogP contribution < -0.4 is 10.3 Å². The molecule has 0 saturated carbocycles. The summed E-state index contributed by atoms with van der Waals surface area (Å²) in [4.78, 5) is 20.4. The van der Waals surface area contributed by atoms with E-state index in [2.05, 4.69) is 15.1 Å². The molecule has 2 saturated heterocycles. The van der Waals surface area contributed by atoms with Crippen LogP contribution in [-0.2, 0) is 25.9 Å². The molecule has 2 aliphatic heterocycles. The molecular formula is C24H31N5O6S. The Morgan fingerprint density at radius 3 is 2.81 bits per heavy atom. The number of H-pyrrole nitrogens is 1. The normalized spacial score (nSPS) is 21.0. The molecule has 11 nitrogen and oxygen atoms in total. The second-order valence-electron chi connectivity index (χ2n) is 9.19. The van der Waals surface area contributed by atoms with Gasteiger partial charge in [0.2, 0.25) is 10.0 Å². The van der Waals surface area contributed by atoms with Gasteiger partial charge in [0.05, 0.1) is 36.0 Å². The van der Waals surface area contributed by atoms with Gasteiger partial charge in [-0.25, -0.2) is 17.9 Å². The molecule has 0 aliphatic carbocycles. The fraction of sp³-hybridized carbons (Fsp3) is 0.542. The van der Waals surface area contributed by atoms with Gasteiger partial charge in [0.15, 0.2) is 11.3 Å². The van der Waals surface area contributed by atoms with Crippen LogP contribution in [0.2, 0.25) is 0 Å². The average Bonchev–Trinajstić information content (AvgIpc) is 3.43. The standard InChI is InChI=1S/C24H31N5O6S/c1-4-6-20-25-16(3)21-23(30)26-22(27-29(20)21)18-13-17(7-8-19(18)34-5-2)36(31,32)28-10-12-35-24(14-28)9-11-33-15-24/h7-8,13H,4-6,9-12,14-15H2,1-3H3,(H,26,27,30). The van der Waals surface area contributed by atoms with Crippen LogP contribution in [0.1, 0.15) is 38.2 Å². The number of morpholine rings is 1. The van der Waals surface area contributed by atoms with Gasteiger partial charge in [0.1, 0.15) is 17.2 Å². The highest BCUT2D eigenvalue weighted by Gasteiger charge is 2.44. The Balaban J connectivity index is 1.60. The van der Waals surface area contributed by atoms with E-state index < -0.39 is 15.6 Å². The van der Waals surface area contributed by atoms with E-state index in [9.17, 15) is 13.2 Å². The zero-order valence-corrected chi connectivity index (χ0v) is 21.6. The lowest BCUT2D eigenvalue weighted by molar-refractivity contribution is -0.0897. The van der Waals surface area contributed by atoms with Crippen molar-refractivity contribution in [3.8, 4) is 17.1 Å². The maximum atomic E-state index is 13.7. The molecule has 3 aromatic rings. The van der Waals surface area contributed by atoms with E-state index in [1.165, 1.54) is 16.4 Å². The second-order valence-corrected chi connectivity index (χ2v) is 11.1. The fourth-order valence-corrected chi connectivity index (χ4v) is 6.40. The third-order valence-corrected chi connectivity index (χ3v) is 8.48. The van der Waals surface area contributed by atoms with Crippen molar-refractivity contribution in [1.29, 1.82) is 0 Å². The Kier molecular flexibility index (Phi) is 6.62. The molecule has 2 aliphatic rings. The van der Waals surface area contributed by atoms with Crippen LogP contribution in [0.5, 0.6) is 5.75 Å². The van der Waals surface area contributed by atoms with Crippen LogP contribution in [0, 0.1) is 6.92 Å². The Bertz CT molecular complexity index is 1440. The number of aromatic amines is 1. The van der Waals surface area contributed by atoms with Crippen molar-refractivity contribution in [2.75, 3.05) is 39.5 Å². The summed E-state index contributed by atoms with van der Waals surface area (Å²) in [6.45, 7) is 7.72. The summed E-state index contributed by atoms with van der Waals surface area (Å²) in [6.07, 6.45) is 2.15. The van der Waals surface area contributed by atoms with Gasteiger partial charge < -0.3 is 19.2 Å². The second kappa shape index (κ2) is 9.58. The number of nitrogens with zero attached hydrogens (tertiary/aromatic N) is 4. The van der Waals surface area contributed by atoms with Crippen LogP contribution in [-0.4, -0.2) is 77.4 Å². The minimum atomic E-state index is -3.85. The molecule has 0 amide bonds. The number of imidazole rings is 1. The Labute approximate surface area is 209 Å². The fourth-order valence-electron chi connectivity index (χ4n) is 4.87. The average molecular weight is 518 g/mol. The monoisotopic (exact) mass is 517 g/mol. The number of hydrogen-bond acceptors (Lipinski definition) is 8. The lowest BCUT2D eigenvalue weighted by atomic mass is 10.0. The van der Waals surface area contributed by atoms with Crippen molar-refractivity contribution in [1.82, 2.24) is 23.9 Å². The Morgan fingerprint density at radius 2 is 2.08 bits per heavy atom. The van der Waals surface area contributed by atoms with E-state index in [1.807, 2.05) is 13.8 Å². The van der Waals surface area contributed by atoms with Crippen LogP contribution in [0.25, 0.3) is 16.9 Å². The van der Waals surface area contributed by atoms with Gasteiger partial charge in [-0.1, -0.05) is 6.92 Å². The quantitative estimate of drug-likeness (QED) is 0.504. The topological polar surface area (TPSA) is 128 Å². The van der Waals surface area contributed by atoms with Crippen LogP contribution in [0.3, 0.4) is 0 Å². The molecule has 2 fully saturated rings. The third-order valence-electron chi connectivity index (χ3n) is 6.64. The molecule has 1 aromatic carbocycles. The highest BCUT2D eigenvalue weighted by Crippen LogP contribution is 2.34. The highest BCUT2D eigenvalue weighted by molar-refractivity contribution is 7.89. The van der Waals surface area contributed by atoms with Gasteiger partial charge >= 0.3 is 0 Å². The molecule has 36 heavy (non-hydrogen) atoms. The SMILES string of the molecule is CCCc1nc(C)c2c(=O)[nH]c(-c3cc(S(=O)(=O)N4CCOC5(CCOC5)C4)ccc3OCC)nn12. The van der Waals surface area contributed by atoms with Crippen molar-refractivity contribution >= 4 is 15.5 Å². The van der Waals surface area contributed by atoms with Gasteiger partial charge in [0, 0.05) is 32.5 Å². The van der Waals surface area contributed by atoms with Gasteiger partial charge in [-0.05, 0) is 38.5 Å². The van der Waals surface area contributed by atoms with E-state index in [-0.39, 0.29) is 29.4 Å². The molecule has 2 aromatic heterocycles. The first kappa shape index (κ1) is 24.9. The van der Waals surface area contributed by atoms with Gasteiger partial charge in [-0.2, -0.15) is 4.31 Å². The van der Waals surface area contributed by atoms with Crippen LogP contribution in [0.15, 0.2) is 27.9 Å². The van der Waals surface area contributed by atoms with Crippen molar-refractivity contribution in [2.24, 2.45) is 0 Å². The van der Waals surface area contributed by atoms with E-state index in [4.69, 9.17) is 14.2 Å². The number of hydrogen-bond donors (Lipinski definition) is 1. The molecule has 5 rings (SSSR count). The van der Waals surface area contributed by atoms with Gasteiger partial charge in [-0.15, -0.1) is 5.10 Å². The predicted octanol–water partition coefficient (Wildman–Crippen LogP) is 1.92. The number of fused-ring (bicyclic) bond motifs is 1. The minimum Gasteiger partial charge on any atom is -0.493 e. The summed E-state index contributed by atoms with van der Waals surface area (Å²) >= 11 is 0. The lowest BCUT2D eigenvalue weighted by Gasteiger charge is -2.38. The minimum absolute atomic E-state index is 0.0928. The number of benzene rings is 1. The number of sulfonamides is 1. The zero-order chi connectivity index (χ0) is 25.5. The van der Waals surface area contributed by atoms with Gasteiger partial charge in [0.25, 0.3) is 5.56 Å². The third kappa shape index (κ3) is 4.32. The van der Waals surface area contributed by atoms with Crippen molar-refractivity contribution < 1.29 is 22.6 Å². The molecule has 0 bridgehead atoms. The maximum absolute atomic E-state index is 13.7. The van der Waals surface area contributed by atoms with Crippen molar-refractivity contribution in [3.05, 3.63) is 40.1 Å². The first-order chi connectivity index (χ1) is 17.3. The predicted molar refractivity (Wildman–Crippen MR) is 132 cm³/mol. The van der Waals surface area contributed by atoms with E-state index in [1.54, 1.807) is 17.5 Å². The largest absolute Gasteiger partial charge is 0.493 e. The van der Waals surface area contributed by atoms with E-state index in [0.717, 1.165) is 6.42 Å². The van der Waals surface area contributed by atoms with E-state index >= 15 is 0 Å². The summed E-state index contributed by atoms with van der Waals surface area (Å²) in [6, 6.07) is 4.65. The van der Waals surface area contributed by atoms with Crippen LogP contribution >= 0.6 is 0 Å². The van der Waals surface area contributed by atoms with Crippen molar-refractivity contribution in [3.63, 3.8) is 0 Å². The van der Waals surface area contributed by atoms with Gasteiger partial charge in [-0.3, -0.25) is 4.79 Å². The number of ether oxygens (including phenoxy) is 3. The molecular weight excluding hydrogens is 486 g/mol. The molecule has 1 unspecified atom stereocenters. The smallest absolute Gasteiger partial charge is 0.277 e. The van der Waals surface area contributed by atoms with E-state index in [0.29, 0.717) is 67.6 Å². The summed E-state index contributed by atoms with van der Waals surface area (Å²) in [7, 11) is -3.85. The maximum Gasteiger partial charge on any atom is 0.277 e. The number of nitrogens with one attached hydrogen (secondary N) is 1. The number of aryl methyl sites for hydroxylation is 2. The lowest BCUT2D eigenvalue weighted by Crippen LogP contribution is -2.54. The molecule has 1 spiro atoms. The molecule has 194 valence electrons. The summed E-state index contributed by atoms with van der Waals surface area (Å²) < 4.78 is 47.5. The number of rotatable bonds is 7. The first-order valence-corrected chi connectivity index (χ1v) is 13.7. The van der Waals surface area contributed by atoms with Crippen molar-refractivity contribution in [2.45, 2.75) is 50.5 Å². The number of aromatic nitrogens is 4. The summed E-state index contributed by atoms with van der Waals surface area (Å²) in [5, 5.41) is 4.66. The molecule has 1 N–H and O–H groups in total. The van der Waals surface area contributed by atoms with Crippen LogP contribution in [0.4, 0.5) is 0 Å². The summed E-state index contributed by atoms with van der Waals surface area (Å²) in [5.41, 5.74) is 0.405.